The molecule has 1 aromatic heterocycles. The van der Waals surface area contributed by atoms with Crippen molar-refractivity contribution in [3.05, 3.63) is 54.0 Å². The number of aliphatic imine (C=N–C) groups is 1. The lowest BCUT2D eigenvalue weighted by atomic mass is 10.2. The van der Waals surface area contributed by atoms with E-state index in [0.717, 1.165) is 36.8 Å². The molecule has 1 aromatic carbocycles. The van der Waals surface area contributed by atoms with Crippen LogP contribution in [0.5, 0.6) is 5.75 Å². The Labute approximate surface area is 159 Å². The fraction of sp³-hybridized carbons (Fsp3) is 0.400. The normalized spacial score (nSPS) is 17.1. The van der Waals surface area contributed by atoms with Crippen LogP contribution in [0.15, 0.2) is 47.6 Å². The highest BCUT2D eigenvalue weighted by Gasteiger charge is 2.25. The molecule has 0 radical (unpaired) electrons. The average Bonchev–Trinajstić information content (AvgIpc) is 3.15. The Kier molecular flexibility index (Phi) is 6.46. The third-order valence-corrected chi connectivity index (χ3v) is 4.51. The maximum Gasteiger partial charge on any atom is 0.191 e. The van der Waals surface area contributed by atoms with Crippen LogP contribution in [-0.2, 0) is 6.54 Å². The number of nitrogens with zero attached hydrogens (tertiary/aromatic N) is 3. The van der Waals surface area contributed by atoms with Crippen LogP contribution in [0.4, 0.5) is 10.2 Å². The summed E-state index contributed by atoms with van der Waals surface area (Å²) in [5.41, 5.74) is 1.03. The molecule has 2 heterocycles. The van der Waals surface area contributed by atoms with E-state index in [9.17, 15) is 4.39 Å². The van der Waals surface area contributed by atoms with Gasteiger partial charge in [-0.3, -0.25) is 0 Å². The highest BCUT2D eigenvalue weighted by molar-refractivity contribution is 5.80. The summed E-state index contributed by atoms with van der Waals surface area (Å²) in [6, 6.07) is 11.1. The van der Waals surface area contributed by atoms with Crippen molar-refractivity contribution in [3.8, 4) is 5.75 Å². The van der Waals surface area contributed by atoms with Crippen LogP contribution in [0.2, 0.25) is 0 Å². The van der Waals surface area contributed by atoms with Crippen LogP contribution in [0.3, 0.4) is 0 Å². The molecule has 7 heteroatoms. The van der Waals surface area contributed by atoms with Gasteiger partial charge in [-0.05, 0) is 31.5 Å². The molecule has 1 unspecified atom stereocenters. The van der Waals surface area contributed by atoms with Gasteiger partial charge < -0.3 is 20.3 Å². The van der Waals surface area contributed by atoms with Crippen LogP contribution in [0.25, 0.3) is 0 Å². The van der Waals surface area contributed by atoms with E-state index in [4.69, 9.17) is 4.74 Å². The number of hydrogen-bond acceptors (Lipinski definition) is 4. The van der Waals surface area contributed by atoms with E-state index in [1.807, 2.05) is 36.1 Å². The van der Waals surface area contributed by atoms with Gasteiger partial charge in [-0.2, -0.15) is 0 Å². The number of anilines is 1. The molecule has 3 rings (SSSR count). The molecule has 2 N–H and O–H groups in total. The molecule has 1 fully saturated rings. The number of methoxy groups -OCH3 is 1. The largest absolute Gasteiger partial charge is 0.496 e. The van der Waals surface area contributed by atoms with E-state index in [2.05, 4.69) is 20.6 Å². The first-order valence-corrected chi connectivity index (χ1v) is 9.23. The third kappa shape index (κ3) is 4.87. The first kappa shape index (κ1) is 18.9. The number of para-hydroxylation sites is 1. The van der Waals surface area contributed by atoms with E-state index in [0.29, 0.717) is 18.9 Å². The minimum atomic E-state index is -0.283. The molecule has 0 aliphatic carbocycles. The Hall–Kier alpha value is -2.83. The lowest BCUT2D eigenvalue weighted by Crippen LogP contribution is -2.44. The van der Waals surface area contributed by atoms with Gasteiger partial charge in [0, 0.05) is 37.4 Å². The number of nitrogens with one attached hydrogen (secondary N) is 2. The number of halogens is 1. The molecule has 0 saturated carbocycles. The van der Waals surface area contributed by atoms with Crippen molar-refractivity contribution in [1.82, 2.24) is 15.6 Å². The van der Waals surface area contributed by atoms with Gasteiger partial charge in [0.1, 0.15) is 5.75 Å². The molecule has 144 valence electrons. The molecule has 6 nitrogen and oxygen atoms in total. The van der Waals surface area contributed by atoms with Crippen molar-refractivity contribution in [2.45, 2.75) is 25.9 Å². The smallest absolute Gasteiger partial charge is 0.191 e. The second-order valence-corrected chi connectivity index (χ2v) is 6.39. The highest BCUT2D eigenvalue weighted by Crippen LogP contribution is 2.21. The molecule has 0 amide bonds. The fourth-order valence-electron chi connectivity index (χ4n) is 3.19. The molecule has 1 atom stereocenters. The first-order valence-electron chi connectivity index (χ1n) is 9.23. The molecule has 27 heavy (non-hydrogen) atoms. The predicted molar refractivity (Wildman–Crippen MR) is 106 cm³/mol. The zero-order chi connectivity index (χ0) is 19.1. The second kappa shape index (κ2) is 9.21. The van der Waals surface area contributed by atoms with Crippen molar-refractivity contribution >= 4 is 11.8 Å². The van der Waals surface area contributed by atoms with E-state index >= 15 is 0 Å². The van der Waals surface area contributed by atoms with Crippen LogP contribution in [0.1, 0.15) is 18.9 Å². The fourth-order valence-corrected chi connectivity index (χ4v) is 3.19. The van der Waals surface area contributed by atoms with Gasteiger partial charge in [0.15, 0.2) is 17.6 Å². The van der Waals surface area contributed by atoms with Crippen molar-refractivity contribution in [2.75, 3.05) is 31.6 Å². The lowest BCUT2D eigenvalue weighted by Gasteiger charge is -2.20. The van der Waals surface area contributed by atoms with Gasteiger partial charge in [-0.25, -0.2) is 14.4 Å². The maximum absolute atomic E-state index is 14.0. The Morgan fingerprint density at radius 3 is 2.96 bits per heavy atom. The molecule has 0 spiro atoms. The van der Waals surface area contributed by atoms with Gasteiger partial charge in [-0.15, -0.1) is 0 Å². The second-order valence-electron chi connectivity index (χ2n) is 6.39. The number of aromatic nitrogens is 1. The molecule has 1 saturated heterocycles. The van der Waals surface area contributed by atoms with Gasteiger partial charge in [0.2, 0.25) is 0 Å². The SMILES string of the molecule is CCNC(=NCc1ccccc1OC)NC1CCN(c2ncccc2F)C1. The molecular formula is C20H26FN5O. The van der Waals surface area contributed by atoms with Crippen molar-refractivity contribution < 1.29 is 9.13 Å². The van der Waals surface area contributed by atoms with Gasteiger partial charge in [0.05, 0.1) is 13.7 Å². The van der Waals surface area contributed by atoms with E-state index in [1.54, 1.807) is 19.4 Å². The summed E-state index contributed by atoms with van der Waals surface area (Å²) in [7, 11) is 1.66. The zero-order valence-electron chi connectivity index (χ0n) is 15.8. The van der Waals surface area contributed by atoms with Gasteiger partial charge >= 0.3 is 0 Å². The number of pyridine rings is 1. The molecule has 0 bridgehead atoms. The van der Waals surface area contributed by atoms with E-state index in [-0.39, 0.29) is 11.9 Å². The summed E-state index contributed by atoms with van der Waals surface area (Å²) < 4.78 is 19.3. The average molecular weight is 371 g/mol. The standard InChI is InChI=1S/C20H26FN5O/c1-3-22-20(24-13-15-7-4-5-9-18(15)27-2)25-16-10-12-26(14-16)19-17(21)8-6-11-23-19/h4-9,11,16H,3,10,12-14H2,1-2H3,(H2,22,24,25). The Morgan fingerprint density at radius 2 is 2.19 bits per heavy atom. The zero-order valence-corrected chi connectivity index (χ0v) is 15.8. The monoisotopic (exact) mass is 371 g/mol. The number of hydrogen-bond donors (Lipinski definition) is 2. The third-order valence-electron chi connectivity index (χ3n) is 4.51. The van der Waals surface area contributed by atoms with E-state index in [1.165, 1.54) is 6.07 Å². The topological polar surface area (TPSA) is 61.8 Å². The summed E-state index contributed by atoms with van der Waals surface area (Å²) in [6.45, 7) is 4.77. The minimum absolute atomic E-state index is 0.182. The summed E-state index contributed by atoms with van der Waals surface area (Å²) >= 11 is 0. The Balaban J connectivity index is 1.64. The van der Waals surface area contributed by atoms with Crippen molar-refractivity contribution in [2.24, 2.45) is 4.99 Å². The van der Waals surface area contributed by atoms with Crippen molar-refractivity contribution in [1.29, 1.82) is 0 Å². The highest BCUT2D eigenvalue weighted by atomic mass is 19.1. The van der Waals surface area contributed by atoms with Gasteiger partial charge in [0.25, 0.3) is 0 Å². The minimum Gasteiger partial charge on any atom is -0.496 e. The summed E-state index contributed by atoms with van der Waals surface area (Å²) in [5, 5.41) is 6.72. The summed E-state index contributed by atoms with van der Waals surface area (Å²) in [5.74, 6) is 1.71. The number of ether oxygens (including phenoxy) is 1. The molecule has 1 aliphatic rings. The van der Waals surface area contributed by atoms with Crippen molar-refractivity contribution in [3.63, 3.8) is 0 Å². The number of guanidine groups is 1. The van der Waals surface area contributed by atoms with Crippen LogP contribution in [-0.4, -0.2) is 43.7 Å². The summed E-state index contributed by atoms with van der Waals surface area (Å²) in [6.07, 6.45) is 2.52. The number of benzene rings is 1. The lowest BCUT2D eigenvalue weighted by molar-refractivity contribution is 0.410. The first-order chi connectivity index (χ1) is 13.2. The van der Waals surface area contributed by atoms with Crippen LogP contribution >= 0.6 is 0 Å². The molecular weight excluding hydrogens is 345 g/mol. The summed E-state index contributed by atoms with van der Waals surface area (Å²) in [4.78, 5) is 10.8. The molecule has 2 aromatic rings. The van der Waals surface area contributed by atoms with E-state index < -0.39 is 0 Å². The van der Waals surface area contributed by atoms with Crippen LogP contribution < -0.4 is 20.3 Å². The maximum atomic E-state index is 14.0. The molecule has 1 aliphatic heterocycles. The quantitative estimate of drug-likeness (QED) is 0.604. The number of rotatable bonds is 6. The van der Waals surface area contributed by atoms with Crippen LogP contribution in [0, 0.1) is 5.82 Å². The van der Waals surface area contributed by atoms with Gasteiger partial charge in [-0.1, -0.05) is 18.2 Å². The predicted octanol–water partition coefficient (Wildman–Crippen LogP) is 2.56. The Bertz CT molecular complexity index is 782. The Morgan fingerprint density at radius 1 is 1.33 bits per heavy atom.